The van der Waals surface area contributed by atoms with Gasteiger partial charge in [-0.1, -0.05) is 94.5 Å². The predicted octanol–water partition coefficient (Wildman–Crippen LogP) is 7.77. The van der Waals surface area contributed by atoms with Crippen LogP contribution in [0.5, 0.6) is 0 Å². The molecule has 0 atom stereocenters. The zero-order chi connectivity index (χ0) is 21.9. The first-order valence-corrected chi connectivity index (χ1v) is 13.8. The molecule has 160 valence electrons. The van der Waals surface area contributed by atoms with Gasteiger partial charge in [0.2, 0.25) is 0 Å². The maximum atomic E-state index is 5.99. The van der Waals surface area contributed by atoms with E-state index in [1.807, 2.05) is 60.9 Å². The molecule has 0 unspecified atom stereocenters. The monoisotopic (exact) mass is 532 g/mol. The van der Waals surface area contributed by atoms with Gasteiger partial charge in [-0.3, -0.25) is 0 Å². The lowest BCUT2D eigenvalue weighted by Crippen LogP contribution is -2.00. The standard InChI is InChI=1S/C22H14Cl2N4S4/c23-15-5-1-13(2-6-15)11-29-21-19-17(9-25-27-21)32-20-18(31-19)10-26-28-22(20)30-12-14-3-7-16(24)8-4-14/h1-10H,11-12H2. The minimum atomic E-state index is 0.741. The normalized spacial score (nSPS) is 12.3. The van der Waals surface area contributed by atoms with Crippen molar-refractivity contribution >= 4 is 70.2 Å². The molecule has 5 rings (SSSR count). The summed E-state index contributed by atoms with van der Waals surface area (Å²) in [6, 6.07) is 15.8. The quantitative estimate of drug-likeness (QED) is 0.205. The van der Waals surface area contributed by atoms with E-state index in [0.29, 0.717) is 0 Å². The Morgan fingerprint density at radius 1 is 0.625 bits per heavy atom. The summed E-state index contributed by atoms with van der Waals surface area (Å²) in [6.07, 6.45) is 3.66. The molecule has 3 heterocycles. The Balaban J connectivity index is 1.33. The third-order valence-electron chi connectivity index (χ3n) is 4.48. The lowest BCUT2D eigenvalue weighted by atomic mass is 10.2. The van der Waals surface area contributed by atoms with Crippen LogP contribution in [0.4, 0.5) is 0 Å². The van der Waals surface area contributed by atoms with Gasteiger partial charge < -0.3 is 0 Å². The molecule has 2 aromatic heterocycles. The van der Waals surface area contributed by atoms with Gasteiger partial charge in [0.05, 0.1) is 22.2 Å². The molecule has 4 nitrogen and oxygen atoms in total. The number of halogens is 2. The highest BCUT2D eigenvalue weighted by Gasteiger charge is 2.25. The van der Waals surface area contributed by atoms with Gasteiger partial charge >= 0.3 is 0 Å². The lowest BCUT2D eigenvalue weighted by molar-refractivity contribution is 0.801. The van der Waals surface area contributed by atoms with Gasteiger partial charge in [-0.2, -0.15) is 10.2 Å². The molecule has 0 fully saturated rings. The van der Waals surface area contributed by atoms with Crippen molar-refractivity contribution in [2.75, 3.05) is 0 Å². The van der Waals surface area contributed by atoms with Gasteiger partial charge in [0.15, 0.2) is 0 Å². The van der Waals surface area contributed by atoms with E-state index in [1.54, 1.807) is 47.0 Å². The second kappa shape index (κ2) is 10.2. The topological polar surface area (TPSA) is 51.6 Å². The SMILES string of the molecule is Clc1ccc(CSc2nncc3c2Sc2cnnc(SCc4ccc(Cl)cc4)c2S3)cc1. The molecule has 2 aromatic carbocycles. The summed E-state index contributed by atoms with van der Waals surface area (Å²) in [6.45, 7) is 0. The van der Waals surface area contributed by atoms with Crippen molar-refractivity contribution in [3.63, 3.8) is 0 Å². The van der Waals surface area contributed by atoms with E-state index < -0.39 is 0 Å². The summed E-state index contributed by atoms with van der Waals surface area (Å²) in [5.41, 5.74) is 2.39. The van der Waals surface area contributed by atoms with Gasteiger partial charge in [0.25, 0.3) is 0 Å². The average molecular weight is 534 g/mol. The third kappa shape index (κ3) is 5.21. The number of thioether (sulfide) groups is 2. The minimum Gasteiger partial charge on any atom is -0.157 e. The van der Waals surface area contributed by atoms with Crippen LogP contribution in [0.2, 0.25) is 10.0 Å². The molecule has 0 saturated heterocycles. The fourth-order valence-electron chi connectivity index (χ4n) is 2.89. The average Bonchev–Trinajstić information content (AvgIpc) is 2.82. The largest absolute Gasteiger partial charge is 0.157 e. The Morgan fingerprint density at radius 2 is 1.03 bits per heavy atom. The Labute approximate surface area is 212 Å². The molecule has 0 amide bonds. The summed E-state index contributed by atoms with van der Waals surface area (Å²) in [7, 11) is 0. The third-order valence-corrected chi connectivity index (χ3v) is 9.87. The number of benzene rings is 2. The van der Waals surface area contributed by atoms with Gasteiger partial charge in [-0.05, 0) is 35.4 Å². The van der Waals surface area contributed by atoms with E-state index in [2.05, 4.69) is 20.4 Å². The molecular weight excluding hydrogens is 519 g/mol. The number of nitrogens with zero attached hydrogens (tertiary/aromatic N) is 4. The van der Waals surface area contributed by atoms with Crippen LogP contribution < -0.4 is 0 Å². The highest BCUT2D eigenvalue weighted by molar-refractivity contribution is 8.06. The Bertz CT molecular complexity index is 1160. The summed E-state index contributed by atoms with van der Waals surface area (Å²) < 4.78 is 0. The van der Waals surface area contributed by atoms with Gasteiger partial charge in [0.1, 0.15) is 10.1 Å². The summed E-state index contributed by atoms with van der Waals surface area (Å²) in [5.74, 6) is 1.61. The van der Waals surface area contributed by atoms with Crippen LogP contribution >= 0.6 is 70.2 Å². The zero-order valence-corrected chi connectivity index (χ0v) is 21.1. The van der Waals surface area contributed by atoms with Crippen LogP contribution in [0.1, 0.15) is 11.1 Å². The maximum Gasteiger partial charge on any atom is 0.134 e. The van der Waals surface area contributed by atoms with E-state index in [0.717, 1.165) is 51.2 Å². The summed E-state index contributed by atoms with van der Waals surface area (Å²) >= 11 is 18.7. The molecule has 0 spiro atoms. The number of fused-ring (bicyclic) bond motifs is 2. The first-order chi connectivity index (χ1) is 15.7. The molecule has 32 heavy (non-hydrogen) atoms. The van der Waals surface area contributed by atoms with E-state index >= 15 is 0 Å². The number of aromatic nitrogens is 4. The van der Waals surface area contributed by atoms with Crippen LogP contribution in [0.25, 0.3) is 0 Å². The first kappa shape index (κ1) is 22.4. The Morgan fingerprint density at radius 3 is 1.44 bits per heavy atom. The molecule has 1 aliphatic heterocycles. The van der Waals surface area contributed by atoms with Crippen LogP contribution in [0, 0.1) is 0 Å². The molecule has 0 saturated carbocycles. The highest BCUT2D eigenvalue weighted by Crippen LogP contribution is 2.52. The van der Waals surface area contributed by atoms with Gasteiger partial charge in [0, 0.05) is 31.3 Å². The van der Waals surface area contributed by atoms with Crippen molar-refractivity contribution in [2.45, 2.75) is 41.1 Å². The maximum absolute atomic E-state index is 5.99. The van der Waals surface area contributed by atoms with Crippen LogP contribution in [-0.2, 0) is 11.5 Å². The molecule has 0 N–H and O–H groups in total. The van der Waals surface area contributed by atoms with E-state index in [-0.39, 0.29) is 0 Å². The lowest BCUT2D eigenvalue weighted by Gasteiger charge is -2.20. The second-order valence-corrected chi connectivity index (χ2v) is 11.6. The van der Waals surface area contributed by atoms with Crippen molar-refractivity contribution in [3.8, 4) is 0 Å². The summed E-state index contributed by atoms with van der Waals surface area (Å²) in [4.78, 5) is 4.44. The first-order valence-electron chi connectivity index (χ1n) is 9.47. The van der Waals surface area contributed by atoms with Crippen LogP contribution in [0.15, 0.2) is 90.6 Å². The van der Waals surface area contributed by atoms with E-state index in [9.17, 15) is 0 Å². The molecule has 0 bridgehead atoms. The van der Waals surface area contributed by atoms with Crippen molar-refractivity contribution in [1.29, 1.82) is 0 Å². The molecule has 0 radical (unpaired) electrons. The number of rotatable bonds is 6. The fraction of sp³-hybridized carbons (Fsp3) is 0.0909. The van der Waals surface area contributed by atoms with Crippen LogP contribution in [0.3, 0.4) is 0 Å². The van der Waals surface area contributed by atoms with Crippen molar-refractivity contribution in [3.05, 3.63) is 82.1 Å². The van der Waals surface area contributed by atoms with E-state index in [4.69, 9.17) is 23.2 Å². The molecule has 1 aliphatic rings. The van der Waals surface area contributed by atoms with Crippen LogP contribution in [-0.4, -0.2) is 20.4 Å². The van der Waals surface area contributed by atoms with Gasteiger partial charge in [-0.15, -0.1) is 10.2 Å². The number of hydrogen-bond acceptors (Lipinski definition) is 8. The molecule has 10 heteroatoms. The molecule has 0 aliphatic carbocycles. The second-order valence-electron chi connectivity index (χ2n) is 6.72. The summed E-state index contributed by atoms with van der Waals surface area (Å²) in [5, 5.41) is 20.6. The number of hydrogen-bond donors (Lipinski definition) is 0. The Kier molecular flexibility index (Phi) is 7.16. The van der Waals surface area contributed by atoms with Crippen molar-refractivity contribution in [1.82, 2.24) is 20.4 Å². The van der Waals surface area contributed by atoms with Gasteiger partial charge in [-0.25, -0.2) is 0 Å². The smallest absolute Gasteiger partial charge is 0.134 e. The zero-order valence-electron chi connectivity index (χ0n) is 16.4. The van der Waals surface area contributed by atoms with E-state index in [1.165, 1.54) is 11.1 Å². The minimum absolute atomic E-state index is 0.741. The molecular formula is C22H14Cl2N4S4. The Hall–Kier alpha value is -1.42. The highest BCUT2D eigenvalue weighted by atomic mass is 35.5. The predicted molar refractivity (Wildman–Crippen MR) is 134 cm³/mol. The molecule has 4 aromatic rings. The van der Waals surface area contributed by atoms with Crippen molar-refractivity contribution in [2.24, 2.45) is 0 Å². The van der Waals surface area contributed by atoms with Crippen molar-refractivity contribution < 1.29 is 0 Å². The fourth-order valence-corrected chi connectivity index (χ4v) is 7.64.